The number of halogens is 6. The van der Waals surface area contributed by atoms with Crippen LogP contribution in [0.3, 0.4) is 0 Å². The van der Waals surface area contributed by atoms with Crippen molar-refractivity contribution >= 4 is 0 Å². The van der Waals surface area contributed by atoms with Gasteiger partial charge in [-0.1, -0.05) is 6.92 Å². The average molecular weight is 207 g/mol. The molecule has 0 nitrogen and oxygen atoms in total. The molecule has 79 valence electrons. The fourth-order valence-electron chi connectivity index (χ4n) is 0.663. The van der Waals surface area contributed by atoms with Crippen molar-refractivity contribution in [1.82, 2.24) is 0 Å². The Morgan fingerprint density at radius 3 is 1.92 bits per heavy atom. The van der Waals surface area contributed by atoms with Crippen LogP contribution in [0.15, 0.2) is 0 Å². The highest BCUT2D eigenvalue weighted by Crippen LogP contribution is 2.32. The zero-order valence-corrected chi connectivity index (χ0v) is 6.62. The van der Waals surface area contributed by atoms with E-state index in [0.717, 1.165) is 0 Å². The smallest absolute Gasteiger partial charge is 0.248 e. The van der Waals surface area contributed by atoms with E-state index in [1.54, 1.807) is 0 Å². The van der Waals surface area contributed by atoms with Crippen LogP contribution in [-0.4, -0.2) is 31.1 Å². The SMILES string of the molecule is [CH2]CC(F)[C@H](F)C(F)(F)C(F)CF. The summed E-state index contributed by atoms with van der Waals surface area (Å²) in [4.78, 5) is 0. The summed E-state index contributed by atoms with van der Waals surface area (Å²) in [7, 11) is 0. The first kappa shape index (κ1) is 12.6. The summed E-state index contributed by atoms with van der Waals surface area (Å²) < 4.78 is 73.1. The Kier molecular flexibility index (Phi) is 4.56. The monoisotopic (exact) mass is 207 g/mol. The lowest BCUT2D eigenvalue weighted by molar-refractivity contribution is -0.149. The minimum Gasteiger partial charge on any atom is -0.248 e. The van der Waals surface area contributed by atoms with Crippen molar-refractivity contribution in [3.05, 3.63) is 6.92 Å². The van der Waals surface area contributed by atoms with E-state index in [4.69, 9.17) is 0 Å². The predicted octanol–water partition coefficient (Wildman–Crippen LogP) is 2.83. The Balaban J connectivity index is 4.42. The molecule has 0 aliphatic rings. The Bertz CT molecular complexity index is 148. The van der Waals surface area contributed by atoms with Gasteiger partial charge in [0.1, 0.15) is 12.8 Å². The second kappa shape index (κ2) is 4.72. The molecule has 13 heavy (non-hydrogen) atoms. The van der Waals surface area contributed by atoms with Crippen LogP contribution >= 0.6 is 0 Å². The molecule has 0 aromatic heterocycles. The van der Waals surface area contributed by atoms with Gasteiger partial charge in [-0.3, -0.25) is 0 Å². The third kappa shape index (κ3) is 2.77. The first-order valence-corrected chi connectivity index (χ1v) is 3.53. The fourth-order valence-corrected chi connectivity index (χ4v) is 0.663. The lowest BCUT2D eigenvalue weighted by atomic mass is 10.0. The van der Waals surface area contributed by atoms with Gasteiger partial charge in [0, 0.05) is 0 Å². The summed E-state index contributed by atoms with van der Waals surface area (Å²) in [6.07, 6.45) is -10.0. The lowest BCUT2D eigenvalue weighted by Gasteiger charge is -2.24. The highest BCUT2D eigenvalue weighted by atomic mass is 19.3. The van der Waals surface area contributed by atoms with Gasteiger partial charge in [-0.05, 0) is 6.42 Å². The van der Waals surface area contributed by atoms with Crippen molar-refractivity contribution in [3.63, 3.8) is 0 Å². The van der Waals surface area contributed by atoms with Gasteiger partial charge in [0.25, 0.3) is 0 Å². The highest BCUT2D eigenvalue weighted by molar-refractivity contribution is 4.89. The molecule has 0 aromatic rings. The van der Waals surface area contributed by atoms with Gasteiger partial charge in [-0.25, -0.2) is 17.6 Å². The highest BCUT2D eigenvalue weighted by Gasteiger charge is 2.52. The molecule has 3 atom stereocenters. The summed E-state index contributed by atoms with van der Waals surface area (Å²) in [6, 6.07) is 0. The third-order valence-corrected chi connectivity index (χ3v) is 1.51. The molecule has 2 unspecified atom stereocenters. The maximum Gasteiger partial charge on any atom is 0.314 e. The zero-order valence-electron chi connectivity index (χ0n) is 6.62. The fraction of sp³-hybridized carbons (Fsp3) is 0.857. The van der Waals surface area contributed by atoms with Gasteiger partial charge in [-0.2, -0.15) is 8.78 Å². The van der Waals surface area contributed by atoms with E-state index in [0.29, 0.717) is 0 Å². The predicted molar refractivity (Wildman–Crippen MR) is 35.6 cm³/mol. The maximum atomic E-state index is 12.4. The summed E-state index contributed by atoms with van der Waals surface area (Å²) in [6.45, 7) is 0.796. The molecule has 0 aliphatic heterocycles. The van der Waals surface area contributed by atoms with Crippen molar-refractivity contribution in [3.8, 4) is 0 Å². The summed E-state index contributed by atoms with van der Waals surface area (Å²) in [5, 5.41) is 0. The van der Waals surface area contributed by atoms with Gasteiger partial charge < -0.3 is 0 Å². The van der Waals surface area contributed by atoms with E-state index in [-0.39, 0.29) is 0 Å². The van der Waals surface area contributed by atoms with E-state index in [1.807, 2.05) is 0 Å². The Morgan fingerprint density at radius 2 is 1.62 bits per heavy atom. The number of alkyl halides is 6. The van der Waals surface area contributed by atoms with E-state index in [2.05, 4.69) is 6.92 Å². The number of hydrogen-bond donors (Lipinski definition) is 0. The largest absolute Gasteiger partial charge is 0.314 e. The van der Waals surface area contributed by atoms with Crippen molar-refractivity contribution in [2.45, 2.75) is 30.9 Å². The van der Waals surface area contributed by atoms with Crippen LogP contribution in [0.25, 0.3) is 0 Å². The summed E-state index contributed by atoms with van der Waals surface area (Å²) >= 11 is 0. The standard InChI is InChI=1S/C7H9F6/c1-2-4(9)6(11)7(12,13)5(10)3-8/h4-6H,1-3H2/t4?,5?,6-/m0/s1. The molecule has 1 radical (unpaired) electrons. The van der Waals surface area contributed by atoms with Crippen molar-refractivity contribution in [2.24, 2.45) is 0 Å². The first-order valence-electron chi connectivity index (χ1n) is 3.53. The molecule has 0 saturated carbocycles. The van der Waals surface area contributed by atoms with E-state index in [9.17, 15) is 26.3 Å². The minimum absolute atomic E-state index is 0.754. The number of hydrogen-bond acceptors (Lipinski definition) is 0. The van der Waals surface area contributed by atoms with Crippen LogP contribution in [-0.2, 0) is 0 Å². The molecule has 0 spiro atoms. The van der Waals surface area contributed by atoms with Crippen LogP contribution in [0.5, 0.6) is 0 Å². The van der Waals surface area contributed by atoms with Crippen LogP contribution in [0.1, 0.15) is 6.42 Å². The second-order valence-electron chi connectivity index (χ2n) is 2.50. The van der Waals surface area contributed by atoms with Crippen molar-refractivity contribution < 1.29 is 26.3 Å². The molecule has 0 amide bonds. The Labute approximate surface area is 71.9 Å². The Hall–Kier alpha value is -0.420. The second-order valence-corrected chi connectivity index (χ2v) is 2.50. The van der Waals surface area contributed by atoms with Crippen LogP contribution < -0.4 is 0 Å². The van der Waals surface area contributed by atoms with Crippen LogP contribution in [0.4, 0.5) is 26.3 Å². The van der Waals surface area contributed by atoms with Crippen LogP contribution in [0.2, 0.25) is 0 Å². The first-order chi connectivity index (χ1) is 5.87. The molecule has 0 N–H and O–H groups in total. The van der Waals surface area contributed by atoms with Crippen molar-refractivity contribution in [2.75, 3.05) is 6.67 Å². The van der Waals surface area contributed by atoms with Crippen molar-refractivity contribution in [1.29, 1.82) is 0 Å². The minimum atomic E-state index is -4.63. The molecule has 0 fully saturated rings. The molecule has 0 bridgehead atoms. The zero-order chi connectivity index (χ0) is 10.6. The van der Waals surface area contributed by atoms with Gasteiger partial charge in [0.15, 0.2) is 12.3 Å². The lowest BCUT2D eigenvalue weighted by Crippen LogP contribution is -2.45. The third-order valence-electron chi connectivity index (χ3n) is 1.51. The normalized spacial score (nSPS) is 19.6. The van der Waals surface area contributed by atoms with Gasteiger partial charge >= 0.3 is 5.92 Å². The van der Waals surface area contributed by atoms with E-state index < -0.39 is 37.5 Å². The quantitative estimate of drug-likeness (QED) is 0.608. The van der Waals surface area contributed by atoms with Gasteiger partial charge in [-0.15, -0.1) is 0 Å². The summed E-state index contributed by atoms with van der Waals surface area (Å²) in [5.74, 6) is -4.63. The molecule has 0 rings (SSSR count). The molecule has 6 heteroatoms. The molecule has 0 aromatic carbocycles. The van der Waals surface area contributed by atoms with E-state index >= 15 is 0 Å². The topological polar surface area (TPSA) is 0 Å². The molecule has 0 saturated heterocycles. The maximum absolute atomic E-state index is 12.4. The molecule has 0 heterocycles. The van der Waals surface area contributed by atoms with Gasteiger partial charge in [0.2, 0.25) is 0 Å². The number of rotatable bonds is 5. The molecular formula is C7H9F6. The average Bonchev–Trinajstić information content (AvgIpc) is 2.13. The van der Waals surface area contributed by atoms with Crippen LogP contribution in [0, 0.1) is 6.92 Å². The molecular weight excluding hydrogens is 198 g/mol. The molecule has 0 aliphatic carbocycles. The summed E-state index contributed by atoms with van der Waals surface area (Å²) in [5.41, 5.74) is 0. The Morgan fingerprint density at radius 1 is 1.15 bits per heavy atom. The van der Waals surface area contributed by atoms with E-state index in [1.165, 1.54) is 0 Å². The van der Waals surface area contributed by atoms with Gasteiger partial charge in [0.05, 0.1) is 0 Å².